The van der Waals surface area contributed by atoms with Crippen molar-refractivity contribution >= 4 is 33.3 Å². The van der Waals surface area contributed by atoms with Gasteiger partial charge < -0.3 is 4.74 Å². The van der Waals surface area contributed by atoms with E-state index in [0.717, 1.165) is 22.4 Å². The van der Waals surface area contributed by atoms with Crippen LogP contribution in [0.3, 0.4) is 0 Å². The molecule has 0 atom stereocenters. The molecule has 8 nitrogen and oxygen atoms in total. The summed E-state index contributed by atoms with van der Waals surface area (Å²) in [6.07, 6.45) is 0.605. The fraction of sp³-hybridized carbons (Fsp3) is 0.348. The van der Waals surface area contributed by atoms with Crippen LogP contribution in [0, 0.1) is 13.8 Å². The molecule has 33 heavy (non-hydrogen) atoms. The highest BCUT2D eigenvalue weighted by Gasteiger charge is 2.28. The van der Waals surface area contributed by atoms with Gasteiger partial charge >= 0.3 is 0 Å². The summed E-state index contributed by atoms with van der Waals surface area (Å²) < 4.78 is 31.7. The van der Waals surface area contributed by atoms with Gasteiger partial charge in [0.2, 0.25) is 15.2 Å². The zero-order valence-electron chi connectivity index (χ0n) is 18.8. The number of carbonyl (C=O) groups is 1. The Morgan fingerprint density at radius 1 is 1.21 bits per heavy atom. The maximum Gasteiger partial charge on any atom is 0.234 e. The average Bonchev–Trinajstić information content (AvgIpc) is 3.44. The van der Waals surface area contributed by atoms with Gasteiger partial charge in [-0.15, -0.1) is 5.10 Å². The zero-order valence-corrected chi connectivity index (χ0v) is 20.4. The molecule has 0 radical (unpaired) electrons. The highest BCUT2D eigenvalue weighted by atomic mass is 32.2. The number of thioether (sulfide) groups is 1. The number of aryl methyl sites for hydroxylation is 2. The number of ether oxygens (including phenoxy) is 1. The third kappa shape index (κ3) is 5.22. The fourth-order valence-corrected chi connectivity index (χ4v) is 5.49. The number of Topliss-reactive ketones (excluding diaryl/α,β-unsaturated/α-hetero) is 1. The summed E-state index contributed by atoms with van der Waals surface area (Å²) in [6, 6.07) is 11.2. The van der Waals surface area contributed by atoms with Crippen LogP contribution in [0.5, 0.6) is 5.75 Å². The molecule has 2 heterocycles. The summed E-state index contributed by atoms with van der Waals surface area (Å²) >= 11 is 1.25. The zero-order chi connectivity index (χ0) is 23.6. The van der Waals surface area contributed by atoms with Gasteiger partial charge in [-0.1, -0.05) is 23.9 Å². The topological polar surface area (TPSA) is 105 Å². The monoisotopic (exact) mass is 486 g/mol. The second kappa shape index (κ2) is 9.56. The number of nitrogens with one attached hydrogen (secondary N) is 1. The number of fused-ring (bicyclic) bond motifs is 1. The van der Waals surface area contributed by atoms with Crippen molar-refractivity contribution in [1.29, 1.82) is 0 Å². The Kier molecular flexibility index (Phi) is 6.76. The van der Waals surface area contributed by atoms with Crippen LogP contribution in [-0.2, 0) is 23.1 Å². The van der Waals surface area contributed by atoms with Crippen molar-refractivity contribution in [2.45, 2.75) is 39.0 Å². The van der Waals surface area contributed by atoms with Crippen molar-refractivity contribution in [1.82, 2.24) is 15.2 Å². The molecule has 1 aliphatic rings. The van der Waals surface area contributed by atoms with Crippen molar-refractivity contribution < 1.29 is 17.9 Å². The number of anilines is 1. The number of aromatic amines is 1. The van der Waals surface area contributed by atoms with Gasteiger partial charge in [0.25, 0.3) is 0 Å². The van der Waals surface area contributed by atoms with Crippen molar-refractivity contribution in [3.05, 3.63) is 64.5 Å². The van der Waals surface area contributed by atoms with Crippen LogP contribution in [0.2, 0.25) is 0 Å². The number of ketones is 1. The summed E-state index contributed by atoms with van der Waals surface area (Å²) in [4.78, 5) is 17.1. The van der Waals surface area contributed by atoms with E-state index in [1.54, 1.807) is 25.1 Å². The summed E-state index contributed by atoms with van der Waals surface area (Å²) in [6.45, 7) is 6.31. The second-order valence-corrected chi connectivity index (χ2v) is 11.0. The maximum atomic E-state index is 12.7. The molecule has 0 amide bonds. The first-order valence-electron chi connectivity index (χ1n) is 10.7. The molecule has 4 rings (SSSR count). The van der Waals surface area contributed by atoms with E-state index < -0.39 is 10.0 Å². The van der Waals surface area contributed by atoms with Crippen LogP contribution >= 0.6 is 11.8 Å². The molecular weight excluding hydrogens is 460 g/mol. The van der Waals surface area contributed by atoms with Gasteiger partial charge in [-0.25, -0.2) is 13.4 Å². The summed E-state index contributed by atoms with van der Waals surface area (Å²) in [5, 5.41) is 7.49. The number of aromatic nitrogens is 3. The molecule has 1 aliphatic heterocycles. The predicted molar refractivity (Wildman–Crippen MR) is 129 cm³/mol. The van der Waals surface area contributed by atoms with E-state index >= 15 is 0 Å². The van der Waals surface area contributed by atoms with Crippen LogP contribution in [0.4, 0.5) is 5.69 Å². The largest absolute Gasteiger partial charge is 0.485 e. The SMILES string of the molecule is CCS(=O)(=O)N1CCc2cc(C(=O)CSc3n[nH]c(COc4cc(C)ccc4C)n3)ccc21. The Balaban J connectivity index is 1.34. The lowest BCUT2D eigenvalue weighted by atomic mass is 10.1. The Labute approximate surface area is 197 Å². The van der Waals surface area contributed by atoms with E-state index in [1.165, 1.54) is 16.1 Å². The number of benzene rings is 2. The van der Waals surface area contributed by atoms with Gasteiger partial charge in [-0.05, 0) is 68.1 Å². The molecule has 2 aromatic carbocycles. The number of hydrogen-bond acceptors (Lipinski definition) is 7. The minimum Gasteiger partial charge on any atom is -0.485 e. The van der Waals surface area contributed by atoms with Gasteiger partial charge in [-0.3, -0.25) is 14.2 Å². The number of nitrogens with zero attached hydrogens (tertiary/aromatic N) is 3. The van der Waals surface area contributed by atoms with E-state index in [-0.39, 0.29) is 23.9 Å². The third-order valence-electron chi connectivity index (χ3n) is 5.51. The molecule has 0 saturated carbocycles. The molecule has 0 bridgehead atoms. The molecule has 0 aliphatic carbocycles. The van der Waals surface area contributed by atoms with Gasteiger partial charge in [0, 0.05) is 12.1 Å². The van der Waals surface area contributed by atoms with E-state index in [9.17, 15) is 13.2 Å². The molecular formula is C23H26N4O4S2. The Bertz CT molecular complexity index is 1290. The Morgan fingerprint density at radius 2 is 2.03 bits per heavy atom. The fourth-order valence-electron chi connectivity index (χ4n) is 3.62. The van der Waals surface area contributed by atoms with Gasteiger partial charge in [0.15, 0.2) is 11.6 Å². The first-order valence-corrected chi connectivity index (χ1v) is 13.3. The van der Waals surface area contributed by atoms with Crippen LogP contribution in [0.25, 0.3) is 0 Å². The lowest BCUT2D eigenvalue weighted by Crippen LogP contribution is -2.30. The van der Waals surface area contributed by atoms with Crippen LogP contribution in [0.1, 0.15) is 39.8 Å². The number of H-pyrrole nitrogens is 1. The first kappa shape index (κ1) is 23.3. The molecule has 10 heteroatoms. The molecule has 174 valence electrons. The van der Waals surface area contributed by atoms with Crippen LogP contribution in [0.15, 0.2) is 41.6 Å². The highest BCUT2D eigenvalue weighted by molar-refractivity contribution is 7.99. The van der Waals surface area contributed by atoms with Crippen molar-refractivity contribution in [2.75, 3.05) is 22.4 Å². The standard InChI is InChI=1S/C23H26N4O4S2/c1-4-33(29,30)27-10-9-17-12-18(7-8-19(17)27)20(28)14-32-23-24-22(25-26-23)13-31-21-11-15(2)5-6-16(21)3/h5-8,11-12H,4,9-10,13-14H2,1-3H3,(H,24,25,26). The predicted octanol–water partition coefficient (Wildman–Crippen LogP) is 3.69. The molecule has 0 saturated heterocycles. The Morgan fingerprint density at radius 3 is 2.82 bits per heavy atom. The number of rotatable bonds is 9. The molecule has 1 aromatic heterocycles. The van der Waals surface area contributed by atoms with Gasteiger partial charge in [0.1, 0.15) is 12.4 Å². The molecule has 0 spiro atoms. The molecule has 0 fully saturated rings. The quantitative estimate of drug-likeness (QED) is 0.363. The third-order valence-corrected chi connectivity index (χ3v) is 8.13. The Hall–Kier alpha value is -2.85. The van der Waals surface area contributed by atoms with Crippen LogP contribution < -0.4 is 9.04 Å². The van der Waals surface area contributed by atoms with Crippen LogP contribution in [-0.4, -0.2) is 47.4 Å². The first-order chi connectivity index (χ1) is 15.8. The van der Waals surface area contributed by atoms with Crippen molar-refractivity contribution in [3.63, 3.8) is 0 Å². The van der Waals surface area contributed by atoms with Gasteiger partial charge in [0.05, 0.1) is 17.2 Å². The molecule has 3 aromatic rings. The smallest absolute Gasteiger partial charge is 0.234 e. The second-order valence-electron chi connectivity index (χ2n) is 7.90. The number of carbonyl (C=O) groups excluding carboxylic acids is 1. The molecule has 0 unspecified atom stereocenters. The maximum absolute atomic E-state index is 12.7. The number of hydrogen-bond donors (Lipinski definition) is 1. The van der Waals surface area contributed by atoms with Crippen molar-refractivity contribution in [3.8, 4) is 5.75 Å². The van der Waals surface area contributed by atoms with E-state index in [0.29, 0.717) is 35.2 Å². The minimum atomic E-state index is -3.30. The normalized spacial score (nSPS) is 13.2. The lowest BCUT2D eigenvalue weighted by Gasteiger charge is -2.18. The number of sulfonamides is 1. The van der Waals surface area contributed by atoms with Gasteiger partial charge in [-0.2, -0.15) is 0 Å². The summed E-state index contributed by atoms with van der Waals surface area (Å²) in [7, 11) is -3.30. The molecule has 1 N–H and O–H groups in total. The summed E-state index contributed by atoms with van der Waals surface area (Å²) in [5.41, 5.74) is 4.28. The van der Waals surface area contributed by atoms with E-state index in [4.69, 9.17) is 4.74 Å². The summed E-state index contributed by atoms with van der Waals surface area (Å²) in [5.74, 6) is 1.57. The highest BCUT2D eigenvalue weighted by Crippen LogP contribution is 2.31. The van der Waals surface area contributed by atoms with Crippen molar-refractivity contribution in [2.24, 2.45) is 0 Å². The van der Waals surface area contributed by atoms with E-state index in [2.05, 4.69) is 15.2 Å². The average molecular weight is 487 g/mol. The van der Waals surface area contributed by atoms with E-state index in [1.807, 2.05) is 32.0 Å². The lowest BCUT2D eigenvalue weighted by molar-refractivity contribution is 0.102. The minimum absolute atomic E-state index is 0.0536.